The number of halogens is 2. The zero-order valence-corrected chi connectivity index (χ0v) is 10.7. The van der Waals surface area contributed by atoms with Crippen molar-refractivity contribution in [3.63, 3.8) is 0 Å². The average molecular weight is 263 g/mol. The standard InChI is InChI=1S/C15H12Cl2/c16-14-8-4-12(5-9-14)2-1-3-13-6-10-15(17)11-7-13/h1-2,4-11H,3H2. The van der Waals surface area contributed by atoms with Crippen molar-refractivity contribution in [1.29, 1.82) is 0 Å². The van der Waals surface area contributed by atoms with Gasteiger partial charge in [0.15, 0.2) is 0 Å². The molecule has 0 bridgehead atoms. The van der Waals surface area contributed by atoms with Gasteiger partial charge < -0.3 is 0 Å². The molecule has 2 aromatic rings. The molecule has 2 heteroatoms. The molecule has 0 saturated carbocycles. The summed E-state index contributed by atoms with van der Waals surface area (Å²) in [6.45, 7) is 0. The predicted molar refractivity (Wildman–Crippen MR) is 75.6 cm³/mol. The molecule has 2 aromatic carbocycles. The Bertz CT molecular complexity index is 495. The first-order chi connectivity index (χ1) is 8.24. The normalized spacial score (nSPS) is 10.9. The highest BCUT2D eigenvalue weighted by atomic mass is 35.5. The summed E-state index contributed by atoms with van der Waals surface area (Å²) in [5, 5.41) is 1.54. The minimum Gasteiger partial charge on any atom is -0.0843 e. The molecule has 0 aliphatic heterocycles. The SMILES string of the molecule is Clc1ccc(C=CCc2ccc(Cl)cc2)cc1. The summed E-state index contributed by atoms with van der Waals surface area (Å²) in [6, 6.07) is 15.7. The Hall–Kier alpha value is -1.24. The Balaban J connectivity index is 1.97. The van der Waals surface area contributed by atoms with E-state index in [9.17, 15) is 0 Å². The lowest BCUT2D eigenvalue weighted by Crippen LogP contribution is -1.79. The summed E-state index contributed by atoms with van der Waals surface area (Å²) >= 11 is 11.6. The highest BCUT2D eigenvalue weighted by molar-refractivity contribution is 6.30. The summed E-state index contributed by atoms with van der Waals surface area (Å²) in [5.41, 5.74) is 2.41. The topological polar surface area (TPSA) is 0 Å². The second kappa shape index (κ2) is 5.90. The molecule has 0 fully saturated rings. The molecule has 0 nitrogen and oxygen atoms in total. The Morgan fingerprint density at radius 1 is 0.765 bits per heavy atom. The molecule has 0 amide bonds. The summed E-state index contributed by atoms with van der Waals surface area (Å²) in [6.07, 6.45) is 5.12. The van der Waals surface area contributed by atoms with Crippen LogP contribution in [0.2, 0.25) is 10.0 Å². The van der Waals surface area contributed by atoms with Gasteiger partial charge in [0, 0.05) is 10.0 Å². The highest BCUT2D eigenvalue weighted by Crippen LogP contribution is 2.13. The van der Waals surface area contributed by atoms with Crippen molar-refractivity contribution in [2.75, 3.05) is 0 Å². The van der Waals surface area contributed by atoms with Crippen LogP contribution < -0.4 is 0 Å². The van der Waals surface area contributed by atoms with E-state index in [0.717, 1.165) is 22.0 Å². The van der Waals surface area contributed by atoms with Crippen LogP contribution in [-0.4, -0.2) is 0 Å². The molecule has 0 radical (unpaired) electrons. The second-order valence-electron chi connectivity index (χ2n) is 3.78. The van der Waals surface area contributed by atoms with E-state index in [1.807, 2.05) is 48.5 Å². The molecule has 2 rings (SSSR count). The van der Waals surface area contributed by atoms with Crippen LogP contribution in [-0.2, 0) is 6.42 Å². The Morgan fingerprint density at radius 3 is 1.88 bits per heavy atom. The third-order valence-electron chi connectivity index (χ3n) is 2.45. The van der Waals surface area contributed by atoms with Crippen molar-refractivity contribution < 1.29 is 0 Å². The molecule has 0 spiro atoms. The molecule has 0 aliphatic carbocycles. The van der Waals surface area contributed by atoms with E-state index >= 15 is 0 Å². The average Bonchev–Trinajstić information content (AvgIpc) is 2.34. The van der Waals surface area contributed by atoms with Crippen molar-refractivity contribution in [2.45, 2.75) is 6.42 Å². The van der Waals surface area contributed by atoms with Gasteiger partial charge in [0.05, 0.1) is 0 Å². The van der Waals surface area contributed by atoms with E-state index in [-0.39, 0.29) is 0 Å². The smallest absolute Gasteiger partial charge is 0.0406 e. The van der Waals surface area contributed by atoms with Crippen molar-refractivity contribution >= 4 is 29.3 Å². The first-order valence-electron chi connectivity index (χ1n) is 5.40. The van der Waals surface area contributed by atoms with Gasteiger partial charge in [-0.1, -0.05) is 59.6 Å². The predicted octanol–water partition coefficient (Wildman–Crippen LogP) is 5.25. The molecular weight excluding hydrogens is 251 g/mol. The molecule has 0 N–H and O–H groups in total. The number of allylic oxidation sites excluding steroid dienone is 1. The van der Waals surface area contributed by atoms with Gasteiger partial charge in [0.25, 0.3) is 0 Å². The van der Waals surface area contributed by atoms with E-state index in [2.05, 4.69) is 12.2 Å². The van der Waals surface area contributed by atoms with E-state index in [0.29, 0.717) is 0 Å². The maximum absolute atomic E-state index is 5.83. The molecule has 86 valence electrons. The molecule has 17 heavy (non-hydrogen) atoms. The second-order valence-corrected chi connectivity index (χ2v) is 4.66. The Morgan fingerprint density at radius 2 is 1.29 bits per heavy atom. The third-order valence-corrected chi connectivity index (χ3v) is 2.95. The molecule has 0 aliphatic rings. The molecule has 0 saturated heterocycles. The zero-order chi connectivity index (χ0) is 12.1. The van der Waals surface area contributed by atoms with Crippen LogP contribution in [0.25, 0.3) is 6.08 Å². The maximum Gasteiger partial charge on any atom is 0.0406 e. The monoisotopic (exact) mass is 262 g/mol. The summed E-state index contributed by atoms with van der Waals surface area (Å²) in [7, 11) is 0. The van der Waals surface area contributed by atoms with Gasteiger partial charge in [-0.3, -0.25) is 0 Å². The fourth-order valence-electron chi connectivity index (χ4n) is 1.53. The number of benzene rings is 2. The highest BCUT2D eigenvalue weighted by Gasteiger charge is 1.91. The van der Waals surface area contributed by atoms with Gasteiger partial charge in [0.2, 0.25) is 0 Å². The van der Waals surface area contributed by atoms with E-state index in [1.54, 1.807) is 0 Å². The van der Waals surface area contributed by atoms with Crippen LogP contribution in [0, 0.1) is 0 Å². The number of hydrogen-bond acceptors (Lipinski definition) is 0. The first-order valence-corrected chi connectivity index (χ1v) is 6.16. The molecule has 0 heterocycles. The minimum atomic E-state index is 0.764. The van der Waals surface area contributed by atoms with Crippen LogP contribution in [0.1, 0.15) is 11.1 Å². The maximum atomic E-state index is 5.83. The Labute approximate surface area is 112 Å². The fourth-order valence-corrected chi connectivity index (χ4v) is 1.78. The lowest BCUT2D eigenvalue weighted by molar-refractivity contribution is 1.28. The zero-order valence-electron chi connectivity index (χ0n) is 9.24. The Kier molecular flexibility index (Phi) is 4.24. The van der Waals surface area contributed by atoms with Gasteiger partial charge in [-0.15, -0.1) is 0 Å². The van der Waals surface area contributed by atoms with Gasteiger partial charge in [-0.05, 0) is 41.8 Å². The van der Waals surface area contributed by atoms with Crippen LogP contribution in [0.3, 0.4) is 0 Å². The third kappa shape index (κ3) is 3.92. The quantitative estimate of drug-likeness (QED) is 0.709. The van der Waals surface area contributed by atoms with Crippen LogP contribution in [0.5, 0.6) is 0 Å². The largest absolute Gasteiger partial charge is 0.0843 e. The lowest BCUT2D eigenvalue weighted by atomic mass is 10.1. The van der Waals surface area contributed by atoms with Crippen molar-refractivity contribution in [2.24, 2.45) is 0 Å². The summed E-state index contributed by atoms with van der Waals surface area (Å²) < 4.78 is 0. The van der Waals surface area contributed by atoms with Crippen molar-refractivity contribution in [1.82, 2.24) is 0 Å². The summed E-state index contributed by atoms with van der Waals surface area (Å²) in [4.78, 5) is 0. The van der Waals surface area contributed by atoms with Gasteiger partial charge in [0.1, 0.15) is 0 Å². The molecule has 0 atom stereocenters. The summed E-state index contributed by atoms with van der Waals surface area (Å²) in [5.74, 6) is 0. The first kappa shape index (κ1) is 12.2. The van der Waals surface area contributed by atoms with Crippen molar-refractivity contribution in [3.8, 4) is 0 Å². The van der Waals surface area contributed by atoms with E-state index < -0.39 is 0 Å². The van der Waals surface area contributed by atoms with Crippen molar-refractivity contribution in [3.05, 3.63) is 75.8 Å². The van der Waals surface area contributed by atoms with E-state index in [1.165, 1.54) is 5.56 Å². The lowest BCUT2D eigenvalue weighted by Gasteiger charge is -1.97. The van der Waals surface area contributed by atoms with E-state index in [4.69, 9.17) is 23.2 Å². The van der Waals surface area contributed by atoms with Crippen LogP contribution >= 0.6 is 23.2 Å². The minimum absolute atomic E-state index is 0.764. The molecule has 0 aromatic heterocycles. The fraction of sp³-hybridized carbons (Fsp3) is 0.0667. The molecular formula is C15H12Cl2. The van der Waals surface area contributed by atoms with Crippen LogP contribution in [0.4, 0.5) is 0 Å². The number of rotatable bonds is 3. The van der Waals surface area contributed by atoms with Crippen LogP contribution in [0.15, 0.2) is 54.6 Å². The number of hydrogen-bond donors (Lipinski definition) is 0. The molecule has 0 unspecified atom stereocenters. The van der Waals surface area contributed by atoms with Gasteiger partial charge in [-0.2, -0.15) is 0 Å². The van der Waals surface area contributed by atoms with Gasteiger partial charge >= 0.3 is 0 Å². The van der Waals surface area contributed by atoms with Gasteiger partial charge in [-0.25, -0.2) is 0 Å².